The van der Waals surface area contributed by atoms with E-state index in [4.69, 9.17) is 18.9 Å². The second kappa shape index (κ2) is 14.8. The van der Waals surface area contributed by atoms with Crippen LogP contribution in [0.5, 0.6) is 23.0 Å². The molecule has 15 nitrogen and oxygen atoms in total. The minimum atomic E-state index is -0.690. The van der Waals surface area contributed by atoms with Gasteiger partial charge in [0.2, 0.25) is 0 Å². The first kappa shape index (κ1) is 33.9. The van der Waals surface area contributed by atoms with Crippen LogP contribution in [0.2, 0.25) is 0 Å². The molecule has 246 valence electrons. The van der Waals surface area contributed by atoms with Crippen LogP contribution in [0.3, 0.4) is 0 Å². The molecule has 2 N–H and O–H groups in total. The van der Waals surface area contributed by atoms with Crippen LogP contribution >= 0.6 is 0 Å². The number of nitroso groups, excluding NO2 is 1. The Morgan fingerprint density at radius 2 is 1.35 bits per heavy atom. The number of likely N-dealkylation sites (tertiary alicyclic amines) is 2. The first-order valence-electron chi connectivity index (χ1n) is 14.4. The largest absolute Gasteiger partial charge is 0.493 e. The molecule has 15 heteroatoms. The number of aliphatic hydroxyl groups is 2. The zero-order valence-electron chi connectivity index (χ0n) is 25.6. The van der Waals surface area contributed by atoms with Gasteiger partial charge in [0.1, 0.15) is 11.3 Å². The molecule has 2 heterocycles. The zero-order valence-corrected chi connectivity index (χ0v) is 25.6. The van der Waals surface area contributed by atoms with Crippen molar-refractivity contribution in [3.05, 3.63) is 74.7 Å². The number of ether oxygens (including phenoxy) is 4. The summed E-state index contributed by atoms with van der Waals surface area (Å²) in [5.41, 5.74) is 0.650. The van der Waals surface area contributed by atoms with Crippen molar-refractivity contribution in [2.24, 2.45) is 5.18 Å². The number of nitro groups is 1. The number of hydrogen-bond donors (Lipinski definition) is 2. The van der Waals surface area contributed by atoms with E-state index in [1.54, 1.807) is 0 Å². The molecule has 0 spiro atoms. The number of aliphatic hydroxyl groups excluding tert-OH is 2. The lowest BCUT2D eigenvalue weighted by Crippen LogP contribution is -2.38. The van der Waals surface area contributed by atoms with E-state index in [1.807, 2.05) is 0 Å². The fourth-order valence-electron chi connectivity index (χ4n) is 5.50. The molecule has 4 rings (SSSR count). The third-order valence-electron chi connectivity index (χ3n) is 7.78. The Labute approximate surface area is 264 Å². The number of methoxy groups -OCH3 is 2. The second-order valence-corrected chi connectivity index (χ2v) is 10.9. The minimum absolute atomic E-state index is 0.00662. The summed E-state index contributed by atoms with van der Waals surface area (Å²) in [4.78, 5) is 52.1. The van der Waals surface area contributed by atoms with Crippen molar-refractivity contribution >= 4 is 23.2 Å². The van der Waals surface area contributed by atoms with Crippen molar-refractivity contribution in [1.82, 2.24) is 9.80 Å². The number of benzene rings is 2. The van der Waals surface area contributed by atoms with Gasteiger partial charge in [-0.15, -0.1) is 4.91 Å². The lowest BCUT2D eigenvalue weighted by atomic mass is 10.1. The minimum Gasteiger partial charge on any atom is -0.493 e. The van der Waals surface area contributed by atoms with Gasteiger partial charge in [-0.1, -0.05) is 24.3 Å². The highest BCUT2D eigenvalue weighted by Crippen LogP contribution is 2.38. The smallest absolute Gasteiger partial charge is 0.286 e. The molecule has 0 saturated carbocycles. The first-order valence-corrected chi connectivity index (χ1v) is 14.4. The van der Waals surface area contributed by atoms with E-state index in [-0.39, 0.29) is 85.8 Å². The van der Waals surface area contributed by atoms with Crippen molar-refractivity contribution in [2.45, 2.75) is 31.3 Å². The summed E-state index contributed by atoms with van der Waals surface area (Å²) in [5, 5.41) is 34.2. The van der Waals surface area contributed by atoms with Crippen LogP contribution in [0.4, 0.5) is 11.4 Å². The highest BCUT2D eigenvalue weighted by molar-refractivity contribution is 6.01. The second-order valence-electron chi connectivity index (χ2n) is 10.9. The van der Waals surface area contributed by atoms with Crippen LogP contribution in [0.1, 0.15) is 40.0 Å². The van der Waals surface area contributed by atoms with Gasteiger partial charge in [-0.2, -0.15) is 0 Å². The molecule has 0 bridgehead atoms. The van der Waals surface area contributed by atoms with Gasteiger partial charge >= 0.3 is 0 Å². The Morgan fingerprint density at radius 3 is 1.80 bits per heavy atom. The van der Waals surface area contributed by atoms with Gasteiger partial charge in [-0.05, 0) is 24.1 Å². The molecule has 0 aliphatic carbocycles. The zero-order chi connectivity index (χ0) is 33.5. The lowest BCUT2D eigenvalue weighted by molar-refractivity contribution is -0.385. The van der Waals surface area contributed by atoms with Crippen molar-refractivity contribution < 1.29 is 43.7 Å². The molecule has 2 atom stereocenters. The summed E-state index contributed by atoms with van der Waals surface area (Å²) >= 11 is 0. The number of carbonyl (C=O) groups is 2. The maximum atomic E-state index is 13.3. The number of hydrogen-bond acceptors (Lipinski definition) is 12. The molecule has 2 aliphatic rings. The average molecular weight is 641 g/mol. The number of rotatable bonds is 14. The summed E-state index contributed by atoms with van der Waals surface area (Å²) < 4.78 is 22.3. The molecule has 2 aromatic carbocycles. The Bertz CT molecular complexity index is 1540. The summed E-state index contributed by atoms with van der Waals surface area (Å²) in [5.74, 6) is -0.665. The SMILES string of the molecule is C=C1C[C@@H](CO)N(C(=O)c2cc(OC)c(OCCCOc3cc([N+](=O)[O-])c(C(=O)N4CC(=C)C[C@H]4CO)cc3OC)cc2N=O)C1. The van der Waals surface area contributed by atoms with Crippen molar-refractivity contribution in [3.63, 3.8) is 0 Å². The Morgan fingerprint density at radius 1 is 0.870 bits per heavy atom. The normalized spacial score (nSPS) is 17.7. The van der Waals surface area contributed by atoms with Crippen LogP contribution in [-0.2, 0) is 0 Å². The Kier molecular flexibility index (Phi) is 10.9. The van der Waals surface area contributed by atoms with Gasteiger partial charge in [-0.25, -0.2) is 0 Å². The lowest BCUT2D eigenvalue weighted by Gasteiger charge is -2.23. The van der Waals surface area contributed by atoms with E-state index in [1.165, 1.54) is 42.2 Å². The Balaban J connectivity index is 1.44. The molecule has 2 fully saturated rings. The third-order valence-corrected chi connectivity index (χ3v) is 7.78. The van der Waals surface area contributed by atoms with E-state index in [0.29, 0.717) is 12.8 Å². The van der Waals surface area contributed by atoms with E-state index in [0.717, 1.165) is 17.2 Å². The summed E-state index contributed by atoms with van der Waals surface area (Å²) in [6.07, 6.45) is 1.12. The number of amides is 2. The van der Waals surface area contributed by atoms with Crippen LogP contribution in [0.15, 0.2) is 53.7 Å². The molecule has 46 heavy (non-hydrogen) atoms. The van der Waals surface area contributed by atoms with E-state index >= 15 is 0 Å². The molecular weight excluding hydrogens is 604 g/mol. The monoisotopic (exact) mass is 640 g/mol. The van der Waals surface area contributed by atoms with Crippen LogP contribution in [-0.4, -0.2) is 103 Å². The van der Waals surface area contributed by atoms with Gasteiger partial charge in [0.05, 0.1) is 69.3 Å². The third kappa shape index (κ3) is 7.10. The van der Waals surface area contributed by atoms with Gasteiger partial charge in [-0.3, -0.25) is 19.7 Å². The van der Waals surface area contributed by atoms with Crippen LogP contribution in [0, 0.1) is 15.0 Å². The number of nitrogens with zero attached hydrogens (tertiary/aromatic N) is 4. The fraction of sp³-hybridized carbons (Fsp3) is 0.419. The molecule has 0 radical (unpaired) electrons. The van der Waals surface area contributed by atoms with Gasteiger partial charge < -0.3 is 39.0 Å². The topological polar surface area (TPSA) is 191 Å². The van der Waals surface area contributed by atoms with Gasteiger partial charge in [0.15, 0.2) is 23.0 Å². The van der Waals surface area contributed by atoms with E-state index in [2.05, 4.69) is 18.3 Å². The van der Waals surface area contributed by atoms with Crippen molar-refractivity contribution in [3.8, 4) is 23.0 Å². The van der Waals surface area contributed by atoms with Gasteiger partial charge in [0, 0.05) is 31.6 Å². The molecule has 2 aliphatic heterocycles. The molecule has 0 aromatic heterocycles. The maximum absolute atomic E-state index is 13.3. The highest BCUT2D eigenvalue weighted by Gasteiger charge is 2.36. The molecular formula is C31H36N4O11. The maximum Gasteiger partial charge on any atom is 0.286 e. The highest BCUT2D eigenvalue weighted by atomic mass is 16.6. The van der Waals surface area contributed by atoms with Crippen molar-refractivity contribution in [2.75, 3.05) is 53.7 Å². The summed E-state index contributed by atoms with van der Waals surface area (Å²) in [6.45, 7) is 7.69. The molecule has 0 unspecified atom stereocenters. The molecule has 2 saturated heterocycles. The quantitative estimate of drug-likeness (QED) is 0.101. The number of carbonyl (C=O) groups excluding carboxylic acids is 2. The van der Waals surface area contributed by atoms with Crippen LogP contribution < -0.4 is 18.9 Å². The molecule has 2 amide bonds. The van der Waals surface area contributed by atoms with E-state index in [9.17, 15) is 34.8 Å². The van der Waals surface area contributed by atoms with Crippen molar-refractivity contribution in [1.29, 1.82) is 0 Å². The first-order chi connectivity index (χ1) is 22.1. The summed E-state index contributed by atoms with van der Waals surface area (Å²) in [7, 11) is 2.71. The predicted octanol–water partition coefficient (Wildman–Crippen LogP) is 3.38. The number of nitro benzene ring substituents is 1. The molecule has 2 aromatic rings. The standard InChI is InChI=1S/C31H36N4O11/c1-18-8-20(16-36)33(14-18)30(38)22-10-26(43-3)28(12-24(22)32-40)45-6-5-7-46-29-13-25(35(41)42)23(11-27(29)44-4)31(39)34-15-19(2)9-21(34)17-37/h10-13,20-21,36-37H,1-2,5-9,14-17H2,3-4H3/t20-,21-/m0/s1. The van der Waals surface area contributed by atoms with E-state index < -0.39 is 34.5 Å². The van der Waals surface area contributed by atoms with Gasteiger partial charge in [0.25, 0.3) is 17.5 Å². The Hall–Kier alpha value is -5.02. The fourth-order valence-corrected chi connectivity index (χ4v) is 5.50. The van der Waals surface area contributed by atoms with Crippen LogP contribution in [0.25, 0.3) is 0 Å². The average Bonchev–Trinajstić information content (AvgIpc) is 3.64. The predicted molar refractivity (Wildman–Crippen MR) is 165 cm³/mol. The summed E-state index contributed by atoms with van der Waals surface area (Å²) in [6, 6.07) is 4.02.